The molecule has 0 unspecified atom stereocenters. The summed E-state index contributed by atoms with van der Waals surface area (Å²) in [5.41, 5.74) is 2.55. The van der Waals surface area contributed by atoms with Gasteiger partial charge in [0.05, 0.1) is 0 Å². The van der Waals surface area contributed by atoms with Gasteiger partial charge in [0.1, 0.15) is 12.4 Å². The van der Waals surface area contributed by atoms with Crippen molar-refractivity contribution in [3.8, 4) is 5.75 Å². The predicted octanol–water partition coefficient (Wildman–Crippen LogP) is 4.97. The fourth-order valence-electron chi connectivity index (χ4n) is 2.24. The van der Waals surface area contributed by atoms with Crippen LogP contribution in [0.1, 0.15) is 11.1 Å². The zero-order valence-electron chi connectivity index (χ0n) is 13.9. The number of halogens is 1. The van der Waals surface area contributed by atoms with Gasteiger partial charge in [-0.15, -0.1) is 0 Å². The highest BCUT2D eigenvalue weighted by Crippen LogP contribution is 2.19. The summed E-state index contributed by atoms with van der Waals surface area (Å²) in [6.45, 7) is 0.418. The van der Waals surface area contributed by atoms with Crippen molar-refractivity contribution in [2.75, 3.05) is 5.32 Å². The highest BCUT2D eigenvalue weighted by atomic mass is 35.5. The first kappa shape index (κ1) is 17.7. The average Bonchev–Trinajstić information content (AvgIpc) is 2.67. The number of pyridine rings is 1. The van der Waals surface area contributed by atoms with Crippen molar-refractivity contribution in [3.63, 3.8) is 0 Å². The first-order valence-corrected chi connectivity index (χ1v) is 8.43. The number of nitrogens with one attached hydrogen (secondary N) is 1. The Hall–Kier alpha value is -3.11. The van der Waals surface area contributed by atoms with Crippen LogP contribution in [0.2, 0.25) is 5.02 Å². The second kappa shape index (κ2) is 8.83. The fraction of sp³-hybridized carbons (Fsp3) is 0.0476. The zero-order chi connectivity index (χ0) is 18.2. The smallest absolute Gasteiger partial charge is 0.248 e. The standard InChI is InChI=1S/C21H17ClN2O2/c22-18-9-6-16(7-10-18)8-11-21(25)24-19-4-1-5-20(13-19)26-15-17-3-2-12-23-14-17/h1-14H,15H2,(H,24,25). The highest BCUT2D eigenvalue weighted by molar-refractivity contribution is 6.30. The lowest BCUT2D eigenvalue weighted by atomic mass is 10.2. The number of hydrogen-bond donors (Lipinski definition) is 1. The summed E-state index contributed by atoms with van der Waals surface area (Å²) in [4.78, 5) is 16.1. The molecular formula is C21H17ClN2O2. The van der Waals surface area contributed by atoms with Crippen LogP contribution in [0.3, 0.4) is 0 Å². The van der Waals surface area contributed by atoms with E-state index >= 15 is 0 Å². The third kappa shape index (κ3) is 5.46. The van der Waals surface area contributed by atoms with E-state index in [0.29, 0.717) is 23.1 Å². The van der Waals surface area contributed by atoms with Crippen molar-refractivity contribution in [1.29, 1.82) is 0 Å². The van der Waals surface area contributed by atoms with E-state index in [0.717, 1.165) is 11.1 Å². The van der Waals surface area contributed by atoms with Gasteiger partial charge in [-0.2, -0.15) is 0 Å². The van der Waals surface area contributed by atoms with Crippen molar-refractivity contribution in [3.05, 3.63) is 95.3 Å². The van der Waals surface area contributed by atoms with E-state index in [1.54, 1.807) is 36.7 Å². The first-order chi connectivity index (χ1) is 12.7. The molecule has 0 atom stereocenters. The number of benzene rings is 2. The molecule has 0 aliphatic heterocycles. The van der Waals surface area contributed by atoms with Crippen LogP contribution in [0.4, 0.5) is 5.69 Å². The lowest BCUT2D eigenvalue weighted by molar-refractivity contribution is -0.111. The monoisotopic (exact) mass is 364 g/mol. The van der Waals surface area contributed by atoms with Gasteiger partial charge in [0, 0.05) is 40.8 Å². The van der Waals surface area contributed by atoms with Gasteiger partial charge in [-0.05, 0) is 42.0 Å². The molecule has 0 saturated carbocycles. The molecule has 1 N–H and O–H groups in total. The van der Waals surface area contributed by atoms with Crippen LogP contribution in [0.5, 0.6) is 5.75 Å². The maximum atomic E-state index is 12.1. The Morgan fingerprint density at radius 3 is 2.73 bits per heavy atom. The summed E-state index contributed by atoms with van der Waals surface area (Å²) in [6.07, 6.45) is 6.69. The Bertz CT molecular complexity index is 893. The third-order valence-corrected chi connectivity index (χ3v) is 3.78. The second-order valence-corrected chi connectivity index (χ2v) is 5.99. The van der Waals surface area contributed by atoms with E-state index in [9.17, 15) is 4.79 Å². The van der Waals surface area contributed by atoms with E-state index in [1.165, 1.54) is 6.08 Å². The molecule has 0 aliphatic carbocycles. The van der Waals surface area contributed by atoms with Gasteiger partial charge >= 0.3 is 0 Å². The molecule has 1 amide bonds. The average molecular weight is 365 g/mol. The highest BCUT2D eigenvalue weighted by Gasteiger charge is 2.01. The minimum Gasteiger partial charge on any atom is -0.489 e. The normalized spacial score (nSPS) is 10.7. The van der Waals surface area contributed by atoms with Gasteiger partial charge in [0.15, 0.2) is 0 Å². The molecule has 5 heteroatoms. The summed E-state index contributed by atoms with van der Waals surface area (Å²) >= 11 is 5.84. The van der Waals surface area contributed by atoms with Gasteiger partial charge in [-0.3, -0.25) is 9.78 Å². The SMILES string of the molecule is O=C(C=Cc1ccc(Cl)cc1)Nc1cccc(OCc2cccnc2)c1. The van der Waals surface area contributed by atoms with Crippen LogP contribution in [-0.4, -0.2) is 10.9 Å². The quantitative estimate of drug-likeness (QED) is 0.628. The Balaban J connectivity index is 1.57. The first-order valence-electron chi connectivity index (χ1n) is 8.05. The van der Waals surface area contributed by atoms with E-state index in [4.69, 9.17) is 16.3 Å². The molecule has 130 valence electrons. The zero-order valence-corrected chi connectivity index (χ0v) is 14.7. The molecule has 2 aromatic carbocycles. The lowest BCUT2D eigenvalue weighted by Gasteiger charge is -2.08. The molecule has 26 heavy (non-hydrogen) atoms. The summed E-state index contributed by atoms with van der Waals surface area (Å²) in [7, 11) is 0. The number of nitrogens with zero attached hydrogens (tertiary/aromatic N) is 1. The van der Waals surface area contributed by atoms with Crippen LogP contribution in [0.15, 0.2) is 79.1 Å². The Morgan fingerprint density at radius 2 is 1.96 bits per heavy atom. The summed E-state index contributed by atoms with van der Waals surface area (Å²) < 4.78 is 5.73. The van der Waals surface area contributed by atoms with Gasteiger partial charge < -0.3 is 10.1 Å². The van der Waals surface area contributed by atoms with Gasteiger partial charge in [0.25, 0.3) is 0 Å². The maximum Gasteiger partial charge on any atom is 0.248 e. The van der Waals surface area contributed by atoms with E-state index in [2.05, 4.69) is 10.3 Å². The fourth-order valence-corrected chi connectivity index (χ4v) is 2.37. The van der Waals surface area contributed by atoms with Gasteiger partial charge in [-0.1, -0.05) is 35.9 Å². The Morgan fingerprint density at radius 1 is 1.12 bits per heavy atom. The van der Waals surface area contributed by atoms with Crippen molar-refractivity contribution in [2.45, 2.75) is 6.61 Å². The molecule has 0 saturated heterocycles. The largest absolute Gasteiger partial charge is 0.489 e. The van der Waals surface area contributed by atoms with Crippen LogP contribution in [0, 0.1) is 0 Å². The number of hydrogen-bond acceptors (Lipinski definition) is 3. The summed E-state index contributed by atoms with van der Waals surface area (Å²) in [5, 5.41) is 3.48. The molecule has 1 aromatic heterocycles. The minimum atomic E-state index is -0.218. The maximum absolute atomic E-state index is 12.1. The molecule has 4 nitrogen and oxygen atoms in total. The summed E-state index contributed by atoms with van der Waals surface area (Å²) in [6, 6.07) is 18.3. The van der Waals surface area contributed by atoms with E-state index in [-0.39, 0.29) is 5.91 Å². The van der Waals surface area contributed by atoms with Crippen LogP contribution in [0.25, 0.3) is 6.08 Å². The molecule has 1 heterocycles. The number of anilines is 1. The van der Waals surface area contributed by atoms with Gasteiger partial charge in [0.2, 0.25) is 5.91 Å². The van der Waals surface area contributed by atoms with Crippen LogP contribution in [-0.2, 0) is 11.4 Å². The number of ether oxygens (including phenoxy) is 1. The molecular weight excluding hydrogens is 348 g/mol. The number of carbonyl (C=O) groups excluding carboxylic acids is 1. The number of carbonyl (C=O) groups is 1. The Labute approximate surface area is 157 Å². The number of rotatable bonds is 6. The third-order valence-electron chi connectivity index (χ3n) is 3.53. The van der Waals surface area contributed by atoms with Crippen LogP contribution >= 0.6 is 11.6 Å². The minimum absolute atomic E-state index is 0.218. The van der Waals surface area contributed by atoms with E-state index in [1.807, 2.05) is 42.5 Å². The number of aromatic nitrogens is 1. The Kier molecular flexibility index (Phi) is 6.01. The van der Waals surface area contributed by atoms with Gasteiger partial charge in [-0.25, -0.2) is 0 Å². The molecule has 0 aliphatic rings. The molecule has 0 spiro atoms. The topological polar surface area (TPSA) is 51.2 Å². The molecule has 3 rings (SSSR count). The lowest BCUT2D eigenvalue weighted by Crippen LogP contribution is -2.07. The molecule has 0 radical (unpaired) electrons. The predicted molar refractivity (Wildman–Crippen MR) is 104 cm³/mol. The summed E-state index contributed by atoms with van der Waals surface area (Å²) in [5.74, 6) is 0.456. The van der Waals surface area contributed by atoms with Crippen molar-refractivity contribution in [2.24, 2.45) is 0 Å². The van der Waals surface area contributed by atoms with Crippen molar-refractivity contribution < 1.29 is 9.53 Å². The number of amides is 1. The van der Waals surface area contributed by atoms with E-state index < -0.39 is 0 Å². The molecule has 3 aromatic rings. The van der Waals surface area contributed by atoms with Crippen molar-refractivity contribution in [1.82, 2.24) is 4.98 Å². The van der Waals surface area contributed by atoms with Crippen molar-refractivity contribution >= 4 is 29.3 Å². The molecule has 0 bridgehead atoms. The van der Waals surface area contributed by atoms with Crippen LogP contribution < -0.4 is 10.1 Å². The molecule has 0 fully saturated rings. The second-order valence-electron chi connectivity index (χ2n) is 5.55.